The number of epoxide rings is 1. The number of fused-ring (bicyclic) bond motifs is 5. The van der Waals surface area contributed by atoms with Gasteiger partial charge in [0, 0.05) is 75.9 Å². The van der Waals surface area contributed by atoms with Crippen LogP contribution in [0.1, 0.15) is 133 Å². The zero-order chi connectivity index (χ0) is 64.7. The van der Waals surface area contributed by atoms with Crippen LogP contribution in [0.15, 0.2) is 54.1 Å². The number of alkyl halides is 2. The number of unbranched alkanes of at least 4 members (excludes halogenated alkanes) is 2. The van der Waals surface area contributed by atoms with Crippen molar-refractivity contribution < 1.29 is 71.9 Å². The number of ether oxygens (including phenoxy) is 5. The van der Waals surface area contributed by atoms with Gasteiger partial charge in [-0.2, -0.15) is 0 Å². The lowest BCUT2D eigenvalue weighted by Gasteiger charge is -2.41. The van der Waals surface area contributed by atoms with Crippen molar-refractivity contribution in [3.63, 3.8) is 0 Å². The average Bonchev–Trinajstić information content (AvgIpc) is 1.59. The first-order valence-electron chi connectivity index (χ1n) is 29.4. The molecule has 480 valence electrons. The van der Waals surface area contributed by atoms with Crippen molar-refractivity contribution in [2.75, 3.05) is 49.9 Å². The second kappa shape index (κ2) is 33.0. The molecule has 0 saturated carbocycles. The second-order valence-electron chi connectivity index (χ2n) is 23.8. The standard InChI is InChI=1S/C63H85Br2Cl2N5O15/c1-35(2)45(29-43(73)17-12-11-13-23-84-60(80)42(33-64)34-65)57(77)70-47(18-15-22-69-61(68)81)49(74)28-40-20-21-44(46(66)26-40)58(78)71(8)39(6)59(79)86-52-30-53(75)72(9)48-27-41(25-37(4)55(48)67)24-36(3)16-14-19-51(83-10)63(82)31-50(85-54(76)32-63)38(5)56-62(52,7)87-56/h14,16,19-21,25-27,35,38-39,42,45,47,50-52,56,82H,11-13,15,17-18,22-24,28-34H2,1-10H3,(H,70,77)(H3,68,69,81)/b19-14+,36-16+/t38-,39+,45+,47+,50+,51-,52+,56+,62+,63-/m1/s1. The predicted molar refractivity (Wildman–Crippen MR) is 337 cm³/mol. The van der Waals surface area contributed by atoms with Gasteiger partial charge in [0.05, 0.1) is 58.8 Å². The number of carbonyl (C=O) groups is 9. The van der Waals surface area contributed by atoms with E-state index in [0.717, 1.165) is 21.6 Å². The van der Waals surface area contributed by atoms with Crippen molar-refractivity contribution in [2.45, 2.75) is 173 Å². The lowest BCUT2D eigenvalue weighted by molar-refractivity contribution is -0.187. The Kier molecular flexibility index (Phi) is 27.5. The van der Waals surface area contributed by atoms with E-state index in [1.807, 2.05) is 45.9 Å². The SMILES string of the molecule is CO[C@@H]1/C=C/C=C(\C)Cc2cc(C)c(Cl)c(c2)N(C)C(=O)C[C@H](OC(=O)[C@H](C)N(C)C(=O)c2ccc(CC(=O)[C@H](CCCNC(N)=O)NC(=O)[C@@H](CC(=O)CCCCCOC(=O)C(CBr)CBr)C(C)C)cc2Cl)[C@]2(C)O[C@H]2[C@H](C)[C@@H]2C[C@@]1(O)CC(=O)O2. The third kappa shape index (κ3) is 19.9. The summed E-state index contributed by atoms with van der Waals surface area (Å²) in [5.74, 6) is -5.89. The zero-order valence-electron chi connectivity index (χ0n) is 51.4. The van der Waals surface area contributed by atoms with E-state index in [2.05, 4.69) is 42.5 Å². The number of benzene rings is 2. The molecule has 2 saturated heterocycles. The van der Waals surface area contributed by atoms with Crippen molar-refractivity contribution in [1.29, 1.82) is 0 Å². The van der Waals surface area contributed by atoms with E-state index >= 15 is 0 Å². The first kappa shape index (κ1) is 72.5. The largest absolute Gasteiger partial charge is 0.465 e. The van der Waals surface area contributed by atoms with Crippen LogP contribution in [-0.4, -0.2) is 156 Å². The Hall–Kier alpha value is -5.23. The molecule has 5 N–H and O–H groups in total. The summed E-state index contributed by atoms with van der Waals surface area (Å²) >= 11 is 20.3. The maximum absolute atomic E-state index is 14.5. The first-order valence-corrected chi connectivity index (χ1v) is 32.4. The molecular weight excluding hydrogens is 1300 g/mol. The smallest absolute Gasteiger partial charge is 0.328 e. The minimum atomic E-state index is -1.65. The van der Waals surface area contributed by atoms with Gasteiger partial charge in [-0.05, 0) is 107 Å². The highest BCUT2D eigenvalue weighted by Gasteiger charge is 2.64. The summed E-state index contributed by atoms with van der Waals surface area (Å²) in [6.07, 6.45) is 3.43. The Bertz CT molecular complexity index is 2910. The van der Waals surface area contributed by atoms with Gasteiger partial charge in [-0.1, -0.05) is 112 Å². The number of aryl methyl sites for hydroxylation is 1. The van der Waals surface area contributed by atoms with Gasteiger partial charge in [-0.25, -0.2) is 9.59 Å². The summed E-state index contributed by atoms with van der Waals surface area (Å²) in [6, 6.07) is 5.07. The molecular formula is C63H85Br2Cl2N5O15. The fourth-order valence-corrected chi connectivity index (χ4v) is 13.1. The number of primary amides is 1. The first-order chi connectivity index (χ1) is 41.0. The van der Waals surface area contributed by atoms with Gasteiger partial charge in [0.2, 0.25) is 11.8 Å². The molecule has 20 nitrogen and oxygen atoms in total. The van der Waals surface area contributed by atoms with Crippen LogP contribution in [-0.2, 0) is 70.1 Å². The number of urea groups is 1. The Balaban J connectivity index is 1.31. The molecule has 87 heavy (non-hydrogen) atoms. The van der Waals surface area contributed by atoms with Crippen LogP contribution < -0.4 is 21.3 Å². The monoisotopic (exact) mass is 1380 g/mol. The van der Waals surface area contributed by atoms with Gasteiger partial charge in [-0.3, -0.25) is 33.6 Å². The zero-order valence-corrected chi connectivity index (χ0v) is 56.0. The van der Waals surface area contributed by atoms with E-state index in [9.17, 15) is 48.3 Å². The van der Waals surface area contributed by atoms with Gasteiger partial charge < -0.3 is 55.0 Å². The number of aliphatic hydroxyl groups is 1. The van der Waals surface area contributed by atoms with E-state index in [4.69, 9.17) is 52.6 Å². The summed E-state index contributed by atoms with van der Waals surface area (Å²) < 4.78 is 29.5. The molecule has 24 heteroatoms. The van der Waals surface area contributed by atoms with Gasteiger partial charge in [0.25, 0.3) is 5.91 Å². The van der Waals surface area contributed by atoms with Crippen LogP contribution in [0.25, 0.3) is 0 Å². The number of Topliss-reactive ketones (excluding diaryl/α,β-unsaturated/α-hetero) is 2. The van der Waals surface area contributed by atoms with Gasteiger partial charge in [0.15, 0.2) is 5.78 Å². The highest BCUT2D eigenvalue weighted by atomic mass is 79.9. The molecule has 0 spiro atoms. The van der Waals surface area contributed by atoms with E-state index in [1.54, 1.807) is 33.0 Å². The third-order valence-corrected chi connectivity index (χ3v) is 19.0. The van der Waals surface area contributed by atoms with E-state index in [1.165, 1.54) is 44.2 Å². The summed E-state index contributed by atoms with van der Waals surface area (Å²) in [4.78, 5) is 124. The molecule has 2 aromatic carbocycles. The minimum Gasteiger partial charge on any atom is -0.465 e. The Morgan fingerprint density at radius 3 is 2.33 bits per heavy atom. The van der Waals surface area contributed by atoms with Gasteiger partial charge in [-0.15, -0.1) is 0 Å². The van der Waals surface area contributed by atoms with Crippen LogP contribution in [0.2, 0.25) is 10.0 Å². The van der Waals surface area contributed by atoms with Crippen molar-refractivity contribution in [3.8, 4) is 0 Å². The number of hydrogen-bond acceptors (Lipinski definition) is 15. The summed E-state index contributed by atoms with van der Waals surface area (Å²) in [6.45, 7) is 12.7. The quantitative estimate of drug-likeness (QED) is 0.0225. The Morgan fingerprint density at radius 1 is 0.989 bits per heavy atom. The predicted octanol–water partition coefficient (Wildman–Crippen LogP) is 8.82. The highest BCUT2D eigenvalue weighted by Crippen LogP contribution is 2.50. The van der Waals surface area contributed by atoms with E-state index in [-0.39, 0.29) is 92.3 Å². The Morgan fingerprint density at radius 2 is 1.69 bits per heavy atom. The maximum Gasteiger partial charge on any atom is 0.328 e. The summed E-state index contributed by atoms with van der Waals surface area (Å²) in [7, 11) is 4.41. The Labute approximate surface area is 537 Å². The summed E-state index contributed by atoms with van der Waals surface area (Å²) in [5.41, 5.74) is 5.63. The number of rotatable bonds is 26. The number of ketones is 2. The molecule has 2 aromatic rings. The number of anilines is 1. The molecule has 0 aliphatic carbocycles. The van der Waals surface area contributed by atoms with Gasteiger partial charge in [0.1, 0.15) is 41.3 Å². The third-order valence-electron chi connectivity index (χ3n) is 16.7. The molecule has 0 radical (unpaired) electrons. The molecule has 3 aliphatic heterocycles. The maximum atomic E-state index is 14.5. The van der Waals surface area contributed by atoms with Crippen molar-refractivity contribution >= 4 is 114 Å². The number of esters is 3. The molecule has 0 unspecified atom stereocenters. The van der Waals surface area contributed by atoms with Gasteiger partial charge >= 0.3 is 23.9 Å². The van der Waals surface area contributed by atoms with Crippen LogP contribution in [0.3, 0.4) is 0 Å². The number of methoxy groups -OCH3 is 1. The van der Waals surface area contributed by atoms with Crippen LogP contribution in [0.5, 0.6) is 0 Å². The van der Waals surface area contributed by atoms with Crippen molar-refractivity contribution in [1.82, 2.24) is 15.5 Å². The number of halogens is 4. The normalized spacial score (nSPS) is 24.3. The summed E-state index contributed by atoms with van der Waals surface area (Å²) in [5, 5.41) is 18.6. The molecule has 5 rings (SSSR count). The number of nitrogens with one attached hydrogen (secondary N) is 2. The minimum absolute atomic E-state index is 0.0103. The number of allylic oxidation sites excluding steroid dienone is 3. The topological polar surface area (TPSA) is 280 Å². The number of amides is 5. The van der Waals surface area contributed by atoms with Crippen LogP contribution in [0.4, 0.5) is 10.5 Å². The average molecular weight is 1380 g/mol. The lowest BCUT2D eigenvalue weighted by Crippen LogP contribution is -2.53. The molecule has 3 heterocycles. The van der Waals surface area contributed by atoms with Crippen molar-refractivity contribution in [3.05, 3.63) is 86.4 Å². The number of carbonyl (C=O) groups excluding carboxylic acids is 9. The molecule has 4 bridgehead atoms. The lowest BCUT2D eigenvalue weighted by atomic mass is 9.78. The van der Waals surface area contributed by atoms with E-state index < -0.39 is 107 Å². The fourth-order valence-electron chi connectivity index (χ4n) is 11.0. The molecule has 10 atom stereocenters. The number of nitrogens with zero attached hydrogens (tertiary/aromatic N) is 2. The van der Waals surface area contributed by atoms with Crippen LogP contribution in [0, 0.1) is 30.6 Å². The second-order valence-corrected chi connectivity index (χ2v) is 25.9. The van der Waals surface area contributed by atoms with Crippen molar-refractivity contribution in [2.24, 2.45) is 29.4 Å². The number of likely N-dealkylation sites (N-methyl/N-ethyl adjacent to an activating group) is 1. The highest BCUT2D eigenvalue weighted by molar-refractivity contribution is 9.09. The van der Waals surface area contributed by atoms with E-state index in [0.29, 0.717) is 52.6 Å². The molecule has 3 aliphatic rings. The number of nitrogens with two attached hydrogens (primary N) is 1. The molecule has 2 fully saturated rings. The van der Waals surface area contributed by atoms with Crippen LogP contribution >= 0.6 is 55.1 Å². The fraction of sp³-hybridized carbons (Fsp3) is 0.603. The number of hydrogen-bond donors (Lipinski definition) is 4. The molecule has 5 amide bonds. The molecule has 0 aromatic heterocycles.